The zero-order valence-electron chi connectivity index (χ0n) is 7.22. The SMILES string of the molecule is CC.CC(C)C1C=CSN1. The zero-order chi connectivity index (χ0) is 7.98. The van der Waals surface area contributed by atoms with E-state index in [2.05, 4.69) is 30.1 Å². The van der Waals surface area contributed by atoms with Gasteiger partial charge in [-0.15, -0.1) is 0 Å². The van der Waals surface area contributed by atoms with Crippen LogP contribution in [-0.4, -0.2) is 6.04 Å². The van der Waals surface area contributed by atoms with Gasteiger partial charge in [-0.25, -0.2) is 0 Å². The molecule has 1 atom stereocenters. The molecule has 0 radical (unpaired) electrons. The lowest BCUT2D eigenvalue weighted by atomic mass is 10.1. The van der Waals surface area contributed by atoms with E-state index in [0.29, 0.717) is 6.04 Å². The molecule has 0 fully saturated rings. The fourth-order valence-corrected chi connectivity index (χ4v) is 1.47. The maximum absolute atomic E-state index is 3.26. The summed E-state index contributed by atoms with van der Waals surface area (Å²) in [4.78, 5) is 0. The van der Waals surface area contributed by atoms with E-state index in [1.54, 1.807) is 11.9 Å². The Bertz CT molecular complexity index is 99.4. The zero-order valence-corrected chi connectivity index (χ0v) is 8.03. The Balaban J connectivity index is 0.000000371. The van der Waals surface area contributed by atoms with Gasteiger partial charge in [0.15, 0.2) is 0 Å². The minimum absolute atomic E-state index is 0.597. The summed E-state index contributed by atoms with van der Waals surface area (Å²) in [5.41, 5.74) is 0. The highest BCUT2D eigenvalue weighted by molar-refractivity contribution is 8.00. The Morgan fingerprint density at radius 3 is 2.20 bits per heavy atom. The lowest BCUT2D eigenvalue weighted by Gasteiger charge is -2.10. The molecular formula is C8H17NS. The Morgan fingerprint density at radius 1 is 1.40 bits per heavy atom. The van der Waals surface area contributed by atoms with Gasteiger partial charge >= 0.3 is 0 Å². The molecule has 1 aliphatic heterocycles. The summed E-state index contributed by atoms with van der Waals surface area (Å²) in [5, 5.41) is 2.10. The van der Waals surface area contributed by atoms with Gasteiger partial charge in [0, 0.05) is 6.04 Å². The second-order valence-corrected chi connectivity index (χ2v) is 3.08. The standard InChI is InChI=1S/C6H11NS.C2H6/c1-5(2)6-3-4-8-7-6;1-2/h3-7H,1-2H3;1-2H3. The van der Waals surface area contributed by atoms with Crippen LogP contribution in [0.5, 0.6) is 0 Å². The molecule has 0 saturated heterocycles. The van der Waals surface area contributed by atoms with E-state index in [-0.39, 0.29) is 0 Å². The molecule has 1 heterocycles. The molecule has 10 heavy (non-hydrogen) atoms. The quantitative estimate of drug-likeness (QED) is 0.590. The molecule has 0 bridgehead atoms. The molecule has 0 spiro atoms. The lowest BCUT2D eigenvalue weighted by Crippen LogP contribution is -2.22. The van der Waals surface area contributed by atoms with E-state index in [1.807, 2.05) is 13.8 Å². The van der Waals surface area contributed by atoms with E-state index in [9.17, 15) is 0 Å². The van der Waals surface area contributed by atoms with Gasteiger partial charge in [-0.2, -0.15) is 0 Å². The van der Waals surface area contributed by atoms with Gasteiger partial charge in [0.25, 0.3) is 0 Å². The first-order valence-corrected chi connectivity index (χ1v) is 4.76. The summed E-state index contributed by atoms with van der Waals surface area (Å²) in [6, 6.07) is 0.597. The van der Waals surface area contributed by atoms with Crippen molar-refractivity contribution < 1.29 is 0 Å². The topological polar surface area (TPSA) is 12.0 Å². The molecular weight excluding hydrogens is 142 g/mol. The van der Waals surface area contributed by atoms with Crippen LogP contribution in [0.2, 0.25) is 0 Å². The van der Waals surface area contributed by atoms with Gasteiger partial charge in [0.2, 0.25) is 0 Å². The van der Waals surface area contributed by atoms with Crippen LogP contribution in [0.3, 0.4) is 0 Å². The fourth-order valence-electron chi connectivity index (χ4n) is 0.639. The third kappa shape index (κ3) is 3.28. The van der Waals surface area contributed by atoms with Gasteiger partial charge < -0.3 is 0 Å². The lowest BCUT2D eigenvalue weighted by molar-refractivity contribution is 0.550. The summed E-state index contributed by atoms with van der Waals surface area (Å²) in [7, 11) is 0. The van der Waals surface area contributed by atoms with Crippen molar-refractivity contribution in [1.82, 2.24) is 4.72 Å². The molecule has 0 aromatic heterocycles. The predicted molar refractivity (Wildman–Crippen MR) is 49.8 cm³/mol. The van der Waals surface area contributed by atoms with Crippen LogP contribution in [0.25, 0.3) is 0 Å². The monoisotopic (exact) mass is 159 g/mol. The first kappa shape index (κ1) is 10.0. The minimum atomic E-state index is 0.597. The Kier molecular flexibility index (Phi) is 5.84. The summed E-state index contributed by atoms with van der Waals surface area (Å²) in [5.74, 6) is 0.723. The average Bonchev–Trinajstić information content (AvgIpc) is 2.42. The van der Waals surface area contributed by atoms with E-state index in [0.717, 1.165) is 5.92 Å². The third-order valence-corrected chi connectivity index (χ3v) is 1.98. The maximum Gasteiger partial charge on any atom is 0.0386 e. The normalized spacial score (nSPS) is 22.7. The average molecular weight is 159 g/mol. The number of nitrogens with one attached hydrogen (secondary N) is 1. The molecule has 0 saturated carbocycles. The predicted octanol–water partition coefficient (Wildman–Crippen LogP) is 2.80. The van der Waals surface area contributed by atoms with Gasteiger partial charge in [-0.1, -0.05) is 45.7 Å². The largest absolute Gasteiger partial charge is 0.253 e. The summed E-state index contributed by atoms with van der Waals surface area (Å²) in [6.45, 7) is 8.43. The van der Waals surface area contributed by atoms with E-state index in [4.69, 9.17) is 0 Å². The van der Waals surface area contributed by atoms with Gasteiger partial charge in [-0.05, 0) is 11.3 Å². The highest BCUT2D eigenvalue weighted by atomic mass is 32.2. The van der Waals surface area contributed by atoms with E-state index in [1.165, 1.54) is 0 Å². The van der Waals surface area contributed by atoms with Crippen LogP contribution in [0.15, 0.2) is 11.5 Å². The molecule has 1 N–H and O–H groups in total. The number of hydrogen-bond donors (Lipinski definition) is 1. The highest BCUT2D eigenvalue weighted by Gasteiger charge is 2.11. The van der Waals surface area contributed by atoms with Crippen molar-refractivity contribution in [2.45, 2.75) is 33.7 Å². The molecule has 1 nitrogen and oxygen atoms in total. The molecule has 0 aromatic rings. The van der Waals surface area contributed by atoms with Crippen LogP contribution in [0.1, 0.15) is 27.7 Å². The third-order valence-electron chi connectivity index (χ3n) is 1.28. The molecule has 60 valence electrons. The molecule has 0 amide bonds. The Labute approximate surface area is 68.4 Å². The van der Waals surface area contributed by atoms with Crippen molar-refractivity contribution in [2.75, 3.05) is 0 Å². The van der Waals surface area contributed by atoms with E-state index >= 15 is 0 Å². The van der Waals surface area contributed by atoms with Crippen molar-refractivity contribution in [3.8, 4) is 0 Å². The van der Waals surface area contributed by atoms with Crippen LogP contribution >= 0.6 is 11.9 Å². The summed E-state index contributed by atoms with van der Waals surface area (Å²) >= 11 is 1.68. The second kappa shape index (κ2) is 5.81. The number of hydrogen-bond acceptors (Lipinski definition) is 2. The molecule has 2 heteroatoms. The first-order valence-electron chi connectivity index (χ1n) is 3.88. The van der Waals surface area contributed by atoms with Gasteiger partial charge in [0.1, 0.15) is 0 Å². The molecule has 1 unspecified atom stereocenters. The van der Waals surface area contributed by atoms with Crippen molar-refractivity contribution in [3.63, 3.8) is 0 Å². The Morgan fingerprint density at radius 2 is 2.00 bits per heavy atom. The first-order chi connectivity index (χ1) is 4.80. The van der Waals surface area contributed by atoms with Crippen molar-refractivity contribution in [1.29, 1.82) is 0 Å². The second-order valence-electron chi connectivity index (χ2n) is 2.33. The van der Waals surface area contributed by atoms with Crippen LogP contribution in [0, 0.1) is 5.92 Å². The van der Waals surface area contributed by atoms with Crippen molar-refractivity contribution >= 4 is 11.9 Å². The summed E-state index contributed by atoms with van der Waals surface area (Å²) in [6.07, 6.45) is 2.20. The van der Waals surface area contributed by atoms with Gasteiger partial charge in [-0.3, -0.25) is 4.72 Å². The van der Waals surface area contributed by atoms with Crippen molar-refractivity contribution in [2.24, 2.45) is 5.92 Å². The maximum atomic E-state index is 3.26. The fraction of sp³-hybridized carbons (Fsp3) is 0.750. The van der Waals surface area contributed by atoms with Gasteiger partial charge in [0.05, 0.1) is 0 Å². The number of rotatable bonds is 1. The smallest absolute Gasteiger partial charge is 0.0386 e. The van der Waals surface area contributed by atoms with Crippen LogP contribution < -0.4 is 4.72 Å². The van der Waals surface area contributed by atoms with E-state index < -0.39 is 0 Å². The Hall–Kier alpha value is 0.0500. The summed E-state index contributed by atoms with van der Waals surface area (Å²) < 4.78 is 3.26. The minimum Gasteiger partial charge on any atom is -0.253 e. The van der Waals surface area contributed by atoms with Crippen LogP contribution in [0.4, 0.5) is 0 Å². The van der Waals surface area contributed by atoms with Crippen molar-refractivity contribution in [3.05, 3.63) is 11.5 Å². The molecule has 0 aliphatic carbocycles. The molecule has 0 aromatic carbocycles. The molecule has 1 aliphatic rings. The highest BCUT2D eigenvalue weighted by Crippen LogP contribution is 2.15. The van der Waals surface area contributed by atoms with Crippen LogP contribution in [-0.2, 0) is 0 Å². The molecule has 1 rings (SSSR count).